The lowest BCUT2D eigenvalue weighted by atomic mass is 9.99. The number of nitrogens with zero attached hydrogens (tertiary/aromatic N) is 2. The van der Waals surface area contributed by atoms with Gasteiger partial charge in [-0.1, -0.05) is 30.7 Å². The first-order chi connectivity index (χ1) is 13.7. The molecule has 3 rings (SSSR count). The molecular formula is C21H33ClN4OS. The Kier molecular flexibility index (Phi) is 8.18. The maximum atomic E-state index is 6.41. The smallest absolute Gasteiger partial charge is 0.191 e. The van der Waals surface area contributed by atoms with Crippen LogP contribution in [-0.2, 0) is 4.74 Å². The molecule has 2 heterocycles. The highest BCUT2D eigenvalue weighted by atomic mass is 35.5. The van der Waals surface area contributed by atoms with Crippen molar-refractivity contribution in [2.75, 3.05) is 50.5 Å². The van der Waals surface area contributed by atoms with Gasteiger partial charge < -0.3 is 20.3 Å². The zero-order valence-corrected chi connectivity index (χ0v) is 18.6. The summed E-state index contributed by atoms with van der Waals surface area (Å²) in [5.41, 5.74) is 1.12. The van der Waals surface area contributed by atoms with Crippen molar-refractivity contribution in [3.8, 4) is 0 Å². The molecule has 2 saturated heterocycles. The minimum atomic E-state index is 0.251. The summed E-state index contributed by atoms with van der Waals surface area (Å²) in [5.74, 6) is 2.02. The maximum Gasteiger partial charge on any atom is 0.191 e. The second-order valence-electron chi connectivity index (χ2n) is 7.54. The summed E-state index contributed by atoms with van der Waals surface area (Å²) < 4.78 is 5.84. The molecule has 0 radical (unpaired) electrons. The summed E-state index contributed by atoms with van der Waals surface area (Å²) >= 11 is 8.46. The molecule has 0 aliphatic carbocycles. The van der Waals surface area contributed by atoms with Crippen LogP contribution in [0.15, 0.2) is 29.3 Å². The van der Waals surface area contributed by atoms with Gasteiger partial charge >= 0.3 is 0 Å². The van der Waals surface area contributed by atoms with E-state index >= 15 is 0 Å². The number of nitrogens with one attached hydrogen (secondary N) is 2. The van der Waals surface area contributed by atoms with E-state index in [1.165, 1.54) is 0 Å². The van der Waals surface area contributed by atoms with Crippen LogP contribution in [0, 0.1) is 0 Å². The number of halogens is 1. The SMILES string of the molecule is CCSC1(CNC(=NC)NC2CCCN(c3ccccc3Cl)C2)CCOCC1. The fourth-order valence-corrected chi connectivity index (χ4v) is 5.57. The van der Waals surface area contributed by atoms with Gasteiger partial charge in [0.25, 0.3) is 0 Å². The Morgan fingerprint density at radius 1 is 1.36 bits per heavy atom. The standard InChI is InChI=1S/C21H33ClN4OS/c1-3-28-21(10-13-27-14-11-21)16-24-20(23-2)25-17-7-6-12-26(15-17)19-9-5-4-8-18(19)22/h4-5,8-9,17H,3,6-7,10-16H2,1-2H3,(H2,23,24,25). The number of benzene rings is 1. The Hall–Kier alpha value is -1.11. The average molecular weight is 425 g/mol. The van der Waals surface area contributed by atoms with Gasteiger partial charge in [0.15, 0.2) is 5.96 Å². The van der Waals surface area contributed by atoms with Crippen molar-refractivity contribution in [2.45, 2.75) is 43.4 Å². The number of piperidine rings is 1. The van der Waals surface area contributed by atoms with Gasteiger partial charge in [0.2, 0.25) is 0 Å². The second kappa shape index (κ2) is 10.6. The third-order valence-electron chi connectivity index (χ3n) is 5.61. The molecule has 1 aromatic carbocycles. The molecule has 28 heavy (non-hydrogen) atoms. The number of rotatable bonds is 6. The highest BCUT2D eigenvalue weighted by Crippen LogP contribution is 2.34. The Labute approximate surface area is 178 Å². The van der Waals surface area contributed by atoms with Crippen molar-refractivity contribution in [2.24, 2.45) is 4.99 Å². The topological polar surface area (TPSA) is 48.9 Å². The molecule has 156 valence electrons. The van der Waals surface area contributed by atoms with Gasteiger partial charge in [-0.3, -0.25) is 4.99 Å². The van der Waals surface area contributed by atoms with Crippen LogP contribution in [0.1, 0.15) is 32.6 Å². The molecule has 0 bridgehead atoms. The van der Waals surface area contributed by atoms with Crippen LogP contribution in [0.2, 0.25) is 5.02 Å². The van der Waals surface area contributed by atoms with Crippen LogP contribution in [0.5, 0.6) is 0 Å². The number of para-hydroxylation sites is 1. The number of hydrogen-bond acceptors (Lipinski definition) is 4. The summed E-state index contributed by atoms with van der Waals surface area (Å²) in [6.45, 7) is 6.86. The van der Waals surface area contributed by atoms with Crippen molar-refractivity contribution in [3.05, 3.63) is 29.3 Å². The number of ether oxygens (including phenoxy) is 1. The Morgan fingerprint density at radius 3 is 2.86 bits per heavy atom. The second-order valence-corrected chi connectivity index (χ2v) is 9.67. The zero-order chi connectivity index (χ0) is 19.8. The first-order valence-electron chi connectivity index (χ1n) is 10.3. The molecule has 5 nitrogen and oxygen atoms in total. The van der Waals surface area contributed by atoms with E-state index in [1.807, 2.05) is 30.9 Å². The summed E-state index contributed by atoms with van der Waals surface area (Å²) in [7, 11) is 1.85. The van der Waals surface area contributed by atoms with Crippen LogP contribution in [0.25, 0.3) is 0 Å². The predicted molar refractivity (Wildman–Crippen MR) is 122 cm³/mol. The minimum absolute atomic E-state index is 0.251. The zero-order valence-electron chi connectivity index (χ0n) is 17.0. The number of aliphatic imine (C=N–C) groups is 1. The van der Waals surface area contributed by atoms with E-state index in [1.54, 1.807) is 0 Å². The average Bonchev–Trinajstić information content (AvgIpc) is 2.72. The van der Waals surface area contributed by atoms with Gasteiger partial charge in [0.1, 0.15) is 0 Å². The lowest BCUT2D eigenvalue weighted by molar-refractivity contribution is 0.0782. The lowest BCUT2D eigenvalue weighted by Crippen LogP contribution is -2.54. The number of thioether (sulfide) groups is 1. The summed E-state index contributed by atoms with van der Waals surface area (Å²) in [6, 6.07) is 8.47. The molecule has 1 atom stereocenters. The van der Waals surface area contributed by atoms with Crippen LogP contribution in [-0.4, -0.2) is 62.4 Å². The maximum absolute atomic E-state index is 6.41. The van der Waals surface area contributed by atoms with Crippen LogP contribution >= 0.6 is 23.4 Å². The Morgan fingerprint density at radius 2 is 2.14 bits per heavy atom. The number of anilines is 1. The molecule has 0 saturated carbocycles. The summed E-state index contributed by atoms with van der Waals surface area (Å²) in [5, 5.41) is 8.06. The quantitative estimate of drug-likeness (QED) is 0.537. The van der Waals surface area contributed by atoms with Crippen LogP contribution < -0.4 is 15.5 Å². The van der Waals surface area contributed by atoms with E-state index in [0.717, 1.165) is 81.0 Å². The Balaban J connectivity index is 1.56. The van der Waals surface area contributed by atoms with Gasteiger partial charge in [0.05, 0.1) is 10.7 Å². The van der Waals surface area contributed by atoms with E-state index in [4.69, 9.17) is 16.3 Å². The first kappa shape index (κ1) is 21.6. The van der Waals surface area contributed by atoms with Crippen LogP contribution in [0.4, 0.5) is 5.69 Å². The molecule has 1 aromatic rings. The van der Waals surface area contributed by atoms with E-state index < -0.39 is 0 Å². The van der Waals surface area contributed by atoms with Gasteiger partial charge in [-0.15, -0.1) is 0 Å². The molecule has 0 spiro atoms. The van der Waals surface area contributed by atoms with Crippen molar-refractivity contribution < 1.29 is 4.74 Å². The van der Waals surface area contributed by atoms with Crippen molar-refractivity contribution >= 4 is 35.0 Å². The molecule has 0 amide bonds. The highest BCUT2D eigenvalue weighted by Gasteiger charge is 2.33. The van der Waals surface area contributed by atoms with E-state index in [-0.39, 0.29) is 4.75 Å². The molecule has 2 fully saturated rings. The fraction of sp³-hybridized carbons (Fsp3) is 0.667. The molecule has 2 N–H and O–H groups in total. The minimum Gasteiger partial charge on any atom is -0.381 e. The molecular weight excluding hydrogens is 392 g/mol. The van der Waals surface area contributed by atoms with Crippen molar-refractivity contribution in [1.29, 1.82) is 0 Å². The lowest BCUT2D eigenvalue weighted by Gasteiger charge is -2.38. The first-order valence-corrected chi connectivity index (χ1v) is 11.7. The normalized spacial score (nSPS) is 22.8. The van der Waals surface area contributed by atoms with Gasteiger partial charge in [0, 0.05) is 50.7 Å². The third kappa shape index (κ3) is 5.71. The van der Waals surface area contributed by atoms with E-state index in [0.29, 0.717) is 6.04 Å². The summed E-state index contributed by atoms with van der Waals surface area (Å²) in [4.78, 5) is 6.86. The van der Waals surface area contributed by atoms with Crippen molar-refractivity contribution in [3.63, 3.8) is 0 Å². The molecule has 2 aliphatic heterocycles. The van der Waals surface area contributed by atoms with E-state index in [9.17, 15) is 0 Å². The fourth-order valence-electron chi connectivity index (χ4n) is 4.08. The van der Waals surface area contributed by atoms with Gasteiger partial charge in [-0.25, -0.2) is 0 Å². The largest absolute Gasteiger partial charge is 0.381 e. The number of guanidine groups is 1. The highest BCUT2D eigenvalue weighted by molar-refractivity contribution is 8.00. The van der Waals surface area contributed by atoms with Crippen molar-refractivity contribution in [1.82, 2.24) is 10.6 Å². The Bertz CT molecular complexity index is 646. The third-order valence-corrected chi connectivity index (χ3v) is 7.38. The molecule has 7 heteroatoms. The molecule has 0 aromatic heterocycles. The molecule has 2 aliphatic rings. The summed E-state index contributed by atoms with van der Waals surface area (Å²) in [6.07, 6.45) is 4.48. The molecule has 1 unspecified atom stereocenters. The predicted octanol–water partition coefficient (Wildman–Crippen LogP) is 3.78. The number of hydrogen-bond donors (Lipinski definition) is 2. The van der Waals surface area contributed by atoms with Crippen LogP contribution in [0.3, 0.4) is 0 Å². The van der Waals surface area contributed by atoms with E-state index in [2.05, 4.69) is 39.6 Å². The monoisotopic (exact) mass is 424 g/mol. The van der Waals surface area contributed by atoms with Gasteiger partial charge in [-0.2, -0.15) is 11.8 Å². The van der Waals surface area contributed by atoms with Gasteiger partial charge in [-0.05, 0) is 43.6 Å².